The number of hydrogen-bond acceptors (Lipinski definition) is 5. The predicted molar refractivity (Wildman–Crippen MR) is 102 cm³/mol. The van der Waals surface area contributed by atoms with Crippen molar-refractivity contribution in [2.45, 2.75) is 4.90 Å². The maximum atomic E-state index is 11.7. The molecule has 0 saturated heterocycles. The second-order valence-electron chi connectivity index (χ2n) is 4.91. The molecule has 25 heavy (non-hydrogen) atoms. The van der Waals surface area contributed by atoms with Crippen molar-refractivity contribution in [2.24, 2.45) is 0 Å². The smallest absolute Gasteiger partial charge is 0.240 e. The number of benzene rings is 2. The van der Waals surface area contributed by atoms with Crippen molar-refractivity contribution in [1.82, 2.24) is 4.72 Å². The van der Waals surface area contributed by atoms with Gasteiger partial charge in [-0.1, -0.05) is 0 Å². The highest BCUT2D eigenvalue weighted by Crippen LogP contribution is 2.26. The zero-order chi connectivity index (χ0) is 18.4. The molecule has 0 saturated carbocycles. The van der Waals surface area contributed by atoms with Gasteiger partial charge in [0, 0.05) is 29.6 Å². The van der Waals surface area contributed by atoms with E-state index in [1.165, 1.54) is 19.2 Å². The molecule has 0 fully saturated rings. The molecule has 2 rings (SSSR count). The van der Waals surface area contributed by atoms with Crippen LogP contribution in [0.4, 0.5) is 11.4 Å². The lowest BCUT2D eigenvalue weighted by molar-refractivity contribution is 0.395. The van der Waals surface area contributed by atoms with Crippen molar-refractivity contribution in [1.29, 1.82) is 0 Å². The zero-order valence-corrected chi connectivity index (χ0v) is 15.6. The summed E-state index contributed by atoms with van der Waals surface area (Å²) in [6.45, 7) is 0. The normalized spacial score (nSPS) is 10.8. The van der Waals surface area contributed by atoms with E-state index in [2.05, 4.69) is 15.4 Å². The summed E-state index contributed by atoms with van der Waals surface area (Å²) in [7, 11) is 1.03. The van der Waals surface area contributed by atoms with Gasteiger partial charge in [0.2, 0.25) is 10.0 Å². The van der Waals surface area contributed by atoms with Gasteiger partial charge in [-0.2, -0.15) is 0 Å². The maximum Gasteiger partial charge on any atom is 0.240 e. The van der Waals surface area contributed by atoms with Crippen LogP contribution in [0.15, 0.2) is 47.4 Å². The van der Waals surface area contributed by atoms with Crippen LogP contribution in [0.2, 0.25) is 0 Å². The maximum absolute atomic E-state index is 11.7. The van der Waals surface area contributed by atoms with Crippen LogP contribution in [0, 0.1) is 0 Å². The number of rotatable bonds is 6. The average molecular weight is 381 g/mol. The fourth-order valence-corrected chi connectivity index (χ4v) is 2.97. The molecule has 134 valence electrons. The summed E-state index contributed by atoms with van der Waals surface area (Å²) in [6.07, 6.45) is 0. The Morgan fingerprint density at radius 3 is 1.92 bits per heavy atom. The fraction of sp³-hybridized carbons (Fsp3) is 0.188. The lowest BCUT2D eigenvalue weighted by Gasteiger charge is -2.13. The van der Waals surface area contributed by atoms with Crippen LogP contribution in [0.1, 0.15) is 0 Å². The minimum atomic E-state index is -3.46. The van der Waals surface area contributed by atoms with Crippen LogP contribution in [0.5, 0.6) is 11.5 Å². The summed E-state index contributed by atoms with van der Waals surface area (Å²) in [5.74, 6) is 1.26. The fourth-order valence-electron chi connectivity index (χ4n) is 2.01. The minimum absolute atomic E-state index is 0.178. The van der Waals surface area contributed by atoms with Gasteiger partial charge in [0.1, 0.15) is 11.5 Å². The molecule has 0 spiro atoms. The highest BCUT2D eigenvalue weighted by Gasteiger charge is 2.10. The van der Waals surface area contributed by atoms with Crippen molar-refractivity contribution >= 4 is 38.7 Å². The second-order valence-corrected chi connectivity index (χ2v) is 7.21. The van der Waals surface area contributed by atoms with Crippen molar-refractivity contribution in [3.63, 3.8) is 0 Å². The van der Waals surface area contributed by atoms with Crippen LogP contribution < -0.4 is 24.8 Å². The first-order valence-corrected chi connectivity index (χ1v) is 9.12. The lowest BCUT2D eigenvalue weighted by Crippen LogP contribution is -2.20. The molecule has 3 N–H and O–H groups in total. The summed E-state index contributed by atoms with van der Waals surface area (Å²) in [4.78, 5) is 0.178. The van der Waals surface area contributed by atoms with E-state index in [1.54, 1.807) is 44.6 Å². The Labute approximate surface area is 152 Å². The van der Waals surface area contributed by atoms with Gasteiger partial charge >= 0.3 is 0 Å². The molecule has 2 aromatic carbocycles. The number of nitrogens with one attached hydrogen (secondary N) is 3. The van der Waals surface area contributed by atoms with Crippen molar-refractivity contribution in [3.05, 3.63) is 42.5 Å². The van der Waals surface area contributed by atoms with E-state index in [1.807, 2.05) is 0 Å². The van der Waals surface area contributed by atoms with E-state index >= 15 is 0 Å². The molecule has 0 amide bonds. The minimum Gasteiger partial charge on any atom is -0.497 e. The van der Waals surface area contributed by atoms with Gasteiger partial charge in [0.15, 0.2) is 5.11 Å². The Morgan fingerprint density at radius 1 is 0.920 bits per heavy atom. The SMILES string of the molecule is CNS(=O)(=O)c1ccc(NC(=S)Nc2cc(OC)cc(OC)c2)cc1. The first kappa shape index (κ1) is 19.0. The Balaban J connectivity index is 2.08. The van der Waals surface area contributed by atoms with Crippen LogP contribution in [0.25, 0.3) is 0 Å². The van der Waals surface area contributed by atoms with Gasteiger partial charge in [-0.25, -0.2) is 13.1 Å². The molecular weight excluding hydrogens is 362 g/mol. The molecule has 0 bridgehead atoms. The predicted octanol–water partition coefficient (Wildman–Crippen LogP) is 2.42. The third-order valence-electron chi connectivity index (χ3n) is 3.30. The standard InChI is InChI=1S/C16H19N3O4S2/c1-17-25(20,21)15-6-4-11(5-7-15)18-16(24)19-12-8-13(22-2)10-14(9-12)23-3/h4-10,17H,1-3H3,(H2,18,19,24). The summed E-state index contributed by atoms with van der Waals surface area (Å²) >= 11 is 5.27. The van der Waals surface area contributed by atoms with Gasteiger partial charge in [-0.15, -0.1) is 0 Å². The average Bonchev–Trinajstić information content (AvgIpc) is 2.61. The zero-order valence-electron chi connectivity index (χ0n) is 14.0. The summed E-state index contributed by atoms with van der Waals surface area (Å²) in [6, 6.07) is 11.5. The lowest BCUT2D eigenvalue weighted by atomic mass is 10.3. The van der Waals surface area contributed by atoms with E-state index in [9.17, 15) is 8.42 Å². The van der Waals surface area contributed by atoms with Gasteiger partial charge in [0.05, 0.1) is 19.1 Å². The van der Waals surface area contributed by atoms with E-state index in [-0.39, 0.29) is 4.90 Å². The Bertz CT molecular complexity index is 830. The number of methoxy groups -OCH3 is 2. The molecule has 0 aliphatic rings. The molecule has 9 heteroatoms. The molecule has 0 radical (unpaired) electrons. The molecule has 7 nitrogen and oxygen atoms in total. The van der Waals surface area contributed by atoms with Gasteiger partial charge < -0.3 is 20.1 Å². The Kier molecular flexibility index (Phi) is 6.18. The van der Waals surface area contributed by atoms with E-state index in [4.69, 9.17) is 21.7 Å². The topological polar surface area (TPSA) is 88.7 Å². The van der Waals surface area contributed by atoms with Crippen LogP contribution in [-0.2, 0) is 10.0 Å². The van der Waals surface area contributed by atoms with Crippen molar-refractivity contribution in [2.75, 3.05) is 31.9 Å². The number of sulfonamides is 1. The summed E-state index contributed by atoms with van der Waals surface area (Å²) in [5.41, 5.74) is 1.35. The van der Waals surface area contributed by atoms with E-state index in [0.717, 1.165) is 0 Å². The number of ether oxygens (including phenoxy) is 2. The number of thiocarbonyl (C=S) groups is 1. The van der Waals surface area contributed by atoms with Crippen molar-refractivity contribution < 1.29 is 17.9 Å². The first-order chi connectivity index (χ1) is 11.9. The van der Waals surface area contributed by atoms with Gasteiger partial charge in [-0.05, 0) is 43.5 Å². The monoisotopic (exact) mass is 381 g/mol. The third kappa shape index (κ3) is 5.05. The van der Waals surface area contributed by atoms with E-state index in [0.29, 0.717) is 28.0 Å². The van der Waals surface area contributed by atoms with Crippen LogP contribution in [-0.4, -0.2) is 34.8 Å². The summed E-state index contributed by atoms with van der Waals surface area (Å²) < 4.78 is 36.1. The molecule has 2 aromatic rings. The Hall–Kier alpha value is -2.36. The molecule has 0 heterocycles. The molecular formula is C16H19N3O4S2. The Morgan fingerprint density at radius 2 is 1.44 bits per heavy atom. The number of hydrogen-bond donors (Lipinski definition) is 3. The van der Waals surface area contributed by atoms with Gasteiger partial charge in [0.25, 0.3) is 0 Å². The second kappa shape index (κ2) is 8.15. The highest BCUT2D eigenvalue weighted by molar-refractivity contribution is 7.89. The van der Waals surface area contributed by atoms with Crippen LogP contribution in [0.3, 0.4) is 0 Å². The molecule has 0 aromatic heterocycles. The summed E-state index contributed by atoms with van der Waals surface area (Å²) in [5, 5.41) is 6.36. The third-order valence-corrected chi connectivity index (χ3v) is 4.93. The van der Waals surface area contributed by atoms with Crippen molar-refractivity contribution in [3.8, 4) is 11.5 Å². The molecule has 0 aliphatic carbocycles. The quantitative estimate of drug-likeness (QED) is 0.662. The molecule has 0 atom stereocenters. The molecule has 0 unspecified atom stereocenters. The highest BCUT2D eigenvalue weighted by atomic mass is 32.2. The number of anilines is 2. The first-order valence-electron chi connectivity index (χ1n) is 7.22. The van der Waals surface area contributed by atoms with Crippen LogP contribution >= 0.6 is 12.2 Å². The van der Waals surface area contributed by atoms with E-state index < -0.39 is 10.0 Å². The largest absolute Gasteiger partial charge is 0.497 e. The molecule has 0 aliphatic heterocycles. The van der Waals surface area contributed by atoms with Gasteiger partial charge in [-0.3, -0.25) is 0 Å².